The first-order chi connectivity index (χ1) is 11.4. The van der Waals surface area contributed by atoms with Crippen LogP contribution in [0.1, 0.15) is 0 Å². The van der Waals surface area contributed by atoms with Crippen LogP contribution in [0.25, 0.3) is 10.9 Å². The molecule has 0 fully saturated rings. The zero-order chi connectivity index (χ0) is 17.3. The molecule has 0 saturated heterocycles. The number of hydrogen-bond acceptors (Lipinski definition) is 3. The molecule has 5 nitrogen and oxygen atoms in total. The van der Waals surface area contributed by atoms with Gasteiger partial charge >= 0.3 is 0 Å². The van der Waals surface area contributed by atoms with Gasteiger partial charge in [0.05, 0.1) is 27.9 Å². The summed E-state index contributed by atoms with van der Waals surface area (Å²) < 4.78 is 14.2. The minimum absolute atomic E-state index is 0.0713. The highest BCUT2D eigenvalue weighted by atomic mass is 35.5. The van der Waals surface area contributed by atoms with Gasteiger partial charge < -0.3 is 5.32 Å². The van der Waals surface area contributed by atoms with Gasteiger partial charge in [-0.2, -0.15) is 0 Å². The fraction of sp³-hybridized carbons (Fsp3) is 0.0625. The van der Waals surface area contributed by atoms with Crippen molar-refractivity contribution < 1.29 is 9.18 Å². The van der Waals surface area contributed by atoms with Gasteiger partial charge in [0.15, 0.2) is 0 Å². The number of halogens is 3. The molecule has 8 heteroatoms. The Balaban J connectivity index is 1.84. The molecule has 1 N–H and O–H groups in total. The highest BCUT2D eigenvalue weighted by Gasteiger charge is 2.10. The Kier molecular flexibility index (Phi) is 4.51. The number of nitrogens with zero attached hydrogens (tertiary/aromatic N) is 2. The van der Waals surface area contributed by atoms with E-state index in [-0.39, 0.29) is 22.8 Å². The minimum Gasteiger partial charge on any atom is -0.323 e. The second-order valence-electron chi connectivity index (χ2n) is 5.01. The Hall–Kier alpha value is -2.44. The molecule has 122 valence electrons. The van der Waals surface area contributed by atoms with Crippen LogP contribution in [0.2, 0.25) is 10.0 Å². The Bertz CT molecular complexity index is 1000. The van der Waals surface area contributed by atoms with E-state index in [1.807, 2.05) is 0 Å². The number of benzene rings is 2. The third-order valence-electron chi connectivity index (χ3n) is 3.31. The lowest BCUT2D eigenvalue weighted by atomic mass is 10.2. The molecule has 0 aliphatic rings. The zero-order valence-electron chi connectivity index (χ0n) is 12.1. The summed E-state index contributed by atoms with van der Waals surface area (Å²) in [4.78, 5) is 28.6. The van der Waals surface area contributed by atoms with Crippen LogP contribution in [0.15, 0.2) is 47.5 Å². The first-order valence-corrected chi connectivity index (χ1v) is 7.59. The molecule has 24 heavy (non-hydrogen) atoms. The molecule has 2 aromatic carbocycles. The van der Waals surface area contributed by atoms with Crippen molar-refractivity contribution in [3.8, 4) is 0 Å². The van der Waals surface area contributed by atoms with Crippen molar-refractivity contribution in [1.29, 1.82) is 0 Å². The topological polar surface area (TPSA) is 64.0 Å². The number of anilines is 1. The molecule has 0 aliphatic heterocycles. The Morgan fingerprint density at radius 2 is 2.00 bits per heavy atom. The average molecular weight is 366 g/mol. The summed E-state index contributed by atoms with van der Waals surface area (Å²) in [6.07, 6.45) is 1.27. The van der Waals surface area contributed by atoms with Crippen LogP contribution in [0, 0.1) is 5.82 Å². The largest absolute Gasteiger partial charge is 0.323 e. The smallest absolute Gasteiger partial charge is 0.261 e. The molecule has 3 aromatic rings. The maximum Gasteiger partial charge on any atom is 0.261 e. The lowest BCUT2D eigenvalue weighted by Gasteiger charge is -2.09. The third kappa shape index (κ3) is 3.39. The van der Waals surface area contributed by atoms with Crippen molar-refractivity contribution >= 4 is 45.7 Å². The molecular formula is C16H10Cl2FN3O2. The van der Waals surface area contributed by atoms with Gasteiger partial charge in [-0.3, -0.25) is 14.2 Å². The number of nitrogens with one attached hydrogen (secondary N) is 1. The van der Waals surface area contributed by atoms with Crippen molar-refractivity contribution in [3.63, 3.8) is 0 Å². The molecular weight excluding hydrogens is 356 g/mol. The molecule has 0 radical (unpaired) electrons. The maximum atomic E-state index is 13.0. The van der Waals surface area contributed by atoms with E-state index in [9.17, 15) is 14.0 Å². The molecule has 1 heterocycles. The molecule has 1 amide bonds. The predicted octanol–water partition coefficient (Wildman–Crippen LogP) is 3.48. The van der Waals surface area contributed by atoms with Gasteiger partial charge in [-0.15, -0.1) is 0 Å². The highest BCUT2D eigenvalue weighted by molar-refractivity contribution is 6.33. The Morgan fingerprint density at radius 3 is 2.75 bits per heavy atom. The van der Waals surface area contributed by atoms with Gasteiger partial charge in [0.2, 0.25) is 5.91 Å². The van der Waals surface area contributed by atoms with E-state index < -0.39 is 11.7 Å². The van der Waals surface area contributed by atoms with E-state index >= 15 is 0 Å². The standard InChI is InChI=1S/C16H10Cl2FN3O2/c17-9-1-3-11-14(5-9)20-8-22(16(11)24)7-15(23)21-13-4-2-10(19)6-12(13)18/h1-6,8H,7H2,(H,21,23). The summed E-state index contributed by atoms with van der Waals surface area (Å²) >= 11 is 11.7. The van der Waals surface area contributed by atoms with E-state index in [2.05, 4.69) is 10.3 Å². The predicted molar refractivity (Wildman–Crippen MR) is 91.1 cm³/mol. The Morgan fingerprint density at radius 1 is 1.21 bits per heavy atom. The molecule has 0 saturated carbocycles. The lowest BCUT2D eigenvalue weighted by Crippen LogP contribution is -2.28. The second-order valence-corrected chi connectivity index (χ2v) is 5.86. The molecule has 0 aliphatic carbocycles. The molecule has 0 bridgehead atoms. The zero-order valence-corrected chi connectivity index (χ0v) is 13.6. The van der Waals surface area contributed by atoms with Gasteiger partial charge in [0.25, 0.3) is 5.56 Å². The van der Waals surface area contributed by atoms with Crippen molar-refractivity contribution in [1.82, 2.24) is 9.55 Å². The van der Waals surface area contributed by atoms with Crippen LogP contribution in [0.3, 0.4) is 0 Å². The third-order valence-corrected chi connectivity index (χ3v) is 3.85. The summed E-state index contributed by atoms with van der Waals surface area (Å²) in [5.74, 6) is -0.993. The van der Waals surface area contributed by atoms with Crippen LogP contribution in [0.4, 0.5) is 10.1 Å². The van der Waals surface area contributed by atoms with E-state index in [4.69, 9.17) is 23.2 Å². The number of amides is 1. The molecule has 1 aromatic heterocycles. The maximum absolute atomic E-state index is 13.0. The fourth-order valence-corrected chi connectivity index (χ4v) is 2.56. The number of fused-ring (bicyclic) bond motifs is 1. The quantitative estimate of drug-likeness (QED) is 0.772. The summed E-state index contributed by atoms with van der Waals surface area (Å²) in [7, 11) is 0. The van der Waals surface area contributed by atoms with E-state index in [1.54, 1.807) is 18.2 Å². The average Bonchev–Trinajstić information content (AvgIpc) is 2.53. The number of carbonyl (C=O) groups excluding carboxylic acids is 1. The monoisotopic (exact) mass is 365 g/mol. The van der Waals surface area contributed by atoms with Gasteiger partial charge in [0.1, 0.15) is 12.4 Å². The van der Waals surface area contributed by atoms with Crippen molar-refractivity contribution in [2.75, 3.05) is 5.32 Å². The molecule has 3 rings (SSSR count). The number of carbonyl (C=O) groups is 1. The highest BCUT2D eigenvalue weighted by Crippen LogP contribution is 2.22. The van der Waals surface area contributed by atoms with Crippen molar-refractivity contribution in [3.05, 3.63) is 68.9 Å². The van der Waals surface area contributed by atoms with E-state index in [0.717, 1.165) is 6.07 Å². The van der Waals surface area contributed by atoms with Gasteiger partial charge in [-0.1, -0.05) is 23.2 Å². The summed E-state index contributed by atoms with van der Waals surface area (Å²) in [6, 6.07) is 8.31. The van der Waals surface area contributed by atoms with Crippen LogP contribution in [-0.4, -0.2) is 15.5 Å². The van der Waals surface area contributed by atoms with Gasteiger partial charge in [0, 0.05) is 5.02 Å². The number of rotatable bonds is 3. The van der Waals surface area contributed by atoms with Gasteiger partial charge in [-0.05, 0) is 36.4 Å². The van der Waals surface area contributed by atoms with E-state index in [1.165, 1.54) is 23.0 Å². The van der Waals surface area contributed by atoms with Crippen molar-refractivity contribution in [2.45, 2.75) is 6.54 Å². The summed E-state index contributed by atoms with van der Waals surface area (Å²) in [5, 5.41) is 3.42. The molecule has 0 unspecified atom stereocenters. The SMILES string of the molecule is O=C(Cn1cnc2cc(Cl)ccc2c1=O)Nc1ccc(F)cc1Cl. The first-order valence-electron chi connectivity index (χ1n) is 6.83. The summed E-state index contributed by atoms with van der Waals surface area (Å²) in [6.45, 7) is -0.252. The number of hydrogen-bond donors (Lipinski definition) is 1. The lowest BCUT2D eigenvalue weighted by molar-refractivity contribution is -0.116. The normalized spacial score (nSPS) is 10.8. The van der Waals surface area contributed by atoms with Crippen LogP contribution >= 0.6 is 23.2 Å². The number of aromatic nitrogens is 2. The van der Waals surface area contributed by atoms with E-state index in [0.29, 0.717) is 15.9 Å². The van der Waals surface area contributed by atoms with Gasteiger partial charge in [-0.25, -0.2) is 9.37 Å². The van der Waals surface area contributed by atoms with Crippen molar-refractivity contribution in [2.24, 2.45) is 0 Å². The van der Waals surface area contributed by atoms with Crippen LogP contribution < -0.4 is 10.9 Å². The minimum atomic E-state index is -0.508. The Labute approximate surface area is 145 Å². The van der Waals surface area contributed by atoms with Crippen LogP contribution in [0.5, 0.6) is 0 Å². The molecule has 0 spiro atoms. The second kappa shape index (κ2) is 6.59. The first kappa shape index (κ1) is 16.4. The summed E-state index contributed by atoms with van der Waals surface area (Å²) in [5.41, 5.74) is 0.347. The molecule has 0 atom stereocenters. The van der Waals surface area contributed by atoms with Crippen LogP contribution in [-0.2, 0) is 11.3 Å². The fourth-order valence-electron chi connectivity index (χ4n) is 2.18.